The Balaban J connectivity index is 1.40. The summed E-state index contributed by atoms with van der Waals surface area (Å²) in [6, 6.07) is 15.1. The van der Waals surface area contributed by atoms with Crippen molar-refractivity contribution in [2.45, 2.75) is 19.1 Å². The first-order chi connectivity index (χ1) is 13.1. The van der Waals surface area contributed by atoms with Gasteiger partial charge in [-0.1, -0.05) is 29.8 Å². The van der Waals surface area contributed by atoms with Gasteiger partial charge >= 0.3 is 0 Å². The fourth-order valence-electron chi connectivity index (χ4n) is 3.08. The van der Waals surface area contributed by atoms with Gasteiger partial charge in [-0.2, -0.15) is 5.10 Å². The molecule has 27 heavy (non-hydrogen) atoms. The Hall–Kier alpha value is -2.64. The van der Waals surface area contributed by atoms with Gasteiger partial charge in [0.15, 0.2) is 10.6 Å². The number of nitrogens with zero attached hydrogens (tertiary/aromatic N) is 2. The molecular weight excluding hydrogens is 384 g/mol. The monoisotopic (exact) mass is 400 g/mol. The number of hydrogen-bond donors (Lipinski definition) is 2. The smallest absolute Gasteiger partial charge is 0.240 e. The summed E-state index contributed by atoms with van der Waals surface area (Å²) in [5, 5.41) is 10.5. The standard InChI is InChI=1S/C19H17ClN4O2S/c20-14-7-5-12(6-8-14)18-22-23-19(27)24(18)11-17(25)21-10-15-9-13-3-1-2-4-16(13)26-15/h1-8,15H,9-11H2,(H,21,25)(H,23,27). The predicted molar refractivity (Wildman–Crippen MR) is 105 cm³/mol. The SMILES string of the molecule is O=C(Cn1c(-c2ccc(Cl)cc2)n[nH]c1=S)NCC1Cc2ccccc2O1. The third-order valence-corrected chi connectivity index (χ3v) is 4.97. The average Bonchev–Trinajstić information content (AvgIpc) is 3.24. The zero-order valence-corrected chi connectivity index (χ0v) is 15.9. The van der Waals surface area contributed by atoms with E-state index in [0.29, 0.717) is 22.2 Å². The Bertz CT molecular complexity index is 1000. The van der Waals surface area contributed by atoms with Crippen LogP contribution in [0.3, 0.4) is 0 Å². The van der Waals surface area contributed by atoms with Gasteiger partial charge in [0.25, 0.3) is 0 Å². The first-order valence-corrected chi connectivity index (χ1v) is 9.31. The van der Waals surface area contributed by atoms with Gasteiger partial charge in [-0.25, -0.2) is 0 Å². The molecule has 2 N–H and O–H groups in total. The van der Waals surface area contributed by atoms with E-state index in [4.69, 9.17) is 28.6 Å². The minimum atomic E-state index is -0.151. The van der Waals surface area contributed by atoms with E-state index in [1.165, 1.54) is 5.56 Å². The molecule has 1 aliphatic rings. The fraction of sp³-hybridized carbons (Fsp3) is 0.211. The van der Waals surface area contributed by atoms with Crippen molar-refractivity contribution in [1.29, 1.82) is 0 Å². The number of carbonyl (C=O) groups is 1. The zero-order valence-electron chi connectivity index (χ0n) is 14.3. The number of aromatic nitrogens is 3. The summed E-state index contributed by atoms with van der Waals surface area (Å²) in [6.07, 6.45) is 0.733. The van der Waals surface area contributed by atoms with Gasteiger partial charge in [-0.15, -0.1) is 0 Å². The Kier molecular flexibility index (Phi) is 4.96. The number of benzene rings is 2. The van der Waals surface area contributed by atoms with Crippen LogP contribution in [0.4, 0.5) is 0 Å². The number of halogens is 1. The highest BCUT2D eigenvalue weighted by atomic mass is 35.5. The van der Waals surface area contributed by atoms with Crippen LogP contribution in [0.25, 0.3) is 11.4 Å². The summed E-state index contributed by atoms with van der Waals surface area (Å²) in [4.78, 5) is 12.4. The molecule has 1 aromatic heterocycles. The number of H-pyrrole nitrogens is 1. The number of rotatable bonds is 5. The Morgan fingerprint density at radius 2 is 2.07 bits per heavy atom. The Morgan fingerprint density at radius 1 is 1.30 bits per heavy atom. The molecule has 0 aliphatic carbocycles. The summed E-state index contributed by atoms with van der Waals surface area (Å²) < 4.78 is 7.90. The summed E-state index contributed by atoms with van der Waals surface area (Å²) in [5.41, 5.74) is 1.99. The first kappa shape index (κ1) is 17.8. The Morgan fingerprint density at radius 3 is 2.85 bits per heavy atom. The molecular formula is C19H17ClN4O2S. The normalized spacial score (nSPS) is 15.2. The second-order valence-corrected chi connectivity index (χ2v) is 7.12. The average molecular weight is 401 g/mol. The van der Waals surface area contributed by atoms with E-state index < -0.39 is 0 Å². The lowest BCUT2D eigenvalue weighted by atomic mass is 10.1. The van der Waals surface area contributed by atoms with Gasteiger partial charge in [-0.05, 0) is 48.1 Å². The molecule has 0 bridgehead atoms. The minimum absolute atomic E-state index is 0.0561. The number of ether oxygens (including phenoxy) is 1. The molecule has 0 radical (unpaired) electrons. The molecule has 1 amide bonds. The highest BCUT2D eigenvalue weighted by molar-refractivity contribution is 7.71. The summed E-state index contributed by atoms with van der Waals surface area (Å²) >= 11 is 11.2. The molecule has 0 fully saturated rings. The molecule has 8 heteroatoms. The molecule has 3 aromatic rings. The summed E-state index contributed by atoms with van der Waals surface area (Å²) in [6.45, 7) is 0.516. The number of fused-ring (bicyclic) bond motifs is 1. The maximum Gasteiger partial charge on any atom is 0.240 e. The van der Waals surface area contributed by atoms with Crippen LogP contribution in [0.5, 0.6) is 5.75 Å². The van der Waals surface area contributed by atoms with Crippen molar-refractivity contribution in [3.05, 3.63) is 63.9 Å². The molecule has 1 unspecified atom stereocenters. The maximum absolute atomic E-state index is 12.4. The van der Waals surface area contributed by atoms with E-state index >= 15 is 0 Å². The lowest BCUT2D eigenvalue weighted by Crippen LogP contribution is -2.36. The van der Waals surface area contributed by atoms with Crippen LogP contribution < -0.4 is 10.1 Å². The van der Waals surface area contributed by atoms with E-state index in [-0.39, 0.29) is 18.6 Å². The van der Waals surface area contributed by atoms with E-state index in [0.717, 1.165) is 17.7 Å². The van der Waals surface area contributed by atoms with E-state index in [2.05, 4.69) is 15.5 Å². The molecule has 1 aliphatic heterocycles. The number of aromatic amines is 1. The van der Waals surface area contributed by atoms with Crippen molar-refractivity contribution in [1.82, 2.24) is 20.1 Å². The molecule has 0 saturated carbocycles. The molecule has 0 saturated heterocycles. The second kappa shape index (κ2) is 7.54. The lowest BCUT2D eigenvalue weighted by molar-refractivity contribution is -0.122. The topological polar surface area (TPSA) is 71.9 Å². The van der Waals surface area contributed by atoms with Gasteiger partial charge in [0.1, 0.15) is 18.4 Å². The van der Waals surface area contributed by atoms with Crippen molar-refractivity contribution in [3.63, 3.8) is 0 Å². The van der Waals surface area contributed by atoms with Crippen LogP contribution in [-0.2, 0) is 17.8 Å². The lowest BCUT2D eigenvalue weighted by Gasteiger charge is -2.13. The number of para-hydroxylation sites is 1. The van der Waals surface area contributed by atoms with Crippen molar-refractivity contribution >= 4 is 29.7 Å². The van der Waals surface area contributed by atoms with Gasteiger partial charge < -0.3 is 10.1 Å². The molecule has 2 aromatic carbocycles. The highest BCUT2D eigenvalue weighted by Gasteiger charge is 2.23. The summed E-state index contributed by atoms with van der Waals surface area (Å²) in [7, 11) is 0. The van der Waals surface area contributed by atoms with Crippen molar-refractivity contribution in [3.8, 4) is 17.1 Å². The first-order valence-electron chi connectivity index (χ1n) is 8.52. The molecule has 4 rings (SSSR count). The van der Waals surface area contributed by atoms with Crippen LogP contribution in [0.15, 0.2) is 48.5 Å². The van der Waals surface area contributed by atoms with Crippen LogP contribution in [0.1, 0.15) is 5.56 Å². The molecule has 0 spiro atoms. The number of carbonyl (C=O) groups excluding carboxylic acids is 1. The van der Waals surface area contributed by atoms with Gasteiger partial charge in [0, 0.05) is 17.0 Å². The van der Waals surface area contributed by atoms with Crippen LogP contribution in [-0.4, -0.2) is 33.3 Å². The number of amides is 1. The summed E-state index contributed by atoms with van der Waals surface area (Å²) in [5.74, 6) is 1.33. The van der Waals surface area contributed by atoms with E-state index in [9.17, 15) is 4.79 Å². The predicted octanol–water partition coefficient (Wildman–Crippen LogP) is 3.38. The van der Waals surface area contributed by atoms with Crippen LogP contribution >= 0.6 is 23.8 Å². The van der Waals surface area contributed by atoms with E-state index in [1.807, 2.05) is 36.4 Å². The van der Waals surface area contributed by atoms with Gasteiger partial charge in [0.2, 0.25) is 5.91 Å². The van der Waals surface area contributed by atoms with Crippen LogP contribution in [0.2, 0.25) is 5.02 Å². The van der Waals surface area contributed by atoms with E-state index in [1.54, 1.807) is 16.7 Å². The van der Waals surface area contributed by atoms with Crippen molar-refractivity contribution in [2.24, 2.45) is 0 Å². The fourth-order valence-corrected chi connectivity index (χ4v) is 3.40. The second-order valence-electron chi connectivity index (χ2n) is 6.30. The quantitative estimate of drug-likeness (QED) is 0.644. The molecule has 2 heterocycles. The molecule has 138 valence electrons. The third kappa shape index (κ3) is 3.89. The molecule has 6 nitrogen and oxygen atoms in total. The van der Waals surface area contributed by atoms with Gasteiger partial charge in [-0.3, -0.25) is 14.5 Å². The van der Waals surface area contributed by atoms with Gasteiger partial charge in [0.05, 0.1) is 6.54 Å². The zero-order chi connectivity index (χ0) is 18.8. The highest BCUT2D eigenvalue weighted by Crippen LogP contribution is 2.27. The number of hydrogen-bond acceptors (Lipinski definition) is 4. The Labute approximate surface area is 166 Å². The maximum atomic E-state index is 12.4. The largest absolute Gasteiger partial charge is 0.488 e. The van der Waals surface area contributed by atoms with Crippen molar-refractivity contribution in [2.75, 3.05) is 6.54 Å². The third-order valence-electron chi connectivity index (χ3n) is 4.40. The van der Waals surface area contributed by atoms with Crippen molar-refractivity contribution < 1.29 is 9.53 Å². The number of nitrogens with one attached hydrogen (secondary N) is 2. The molecule has 1 atom stereocenters. The van der Waals surface area contributed by atoms with Crippen LogP contribution in [0, 0.1) is 4.77 Å². The minimum Gasteiger partial charge on any atom is -0.488 e.